The van der Waals surface area contributed by atoms with Crippen molar-refractivity contribution in [1.82, 2.24) is 14.9 Å². The van der Waals surface area contributed by atoms with E-state index < -0.39 is 6.04 Å². The second-order valence-corrected chi connectivity index (χ2v) is 5.19. The molecule has 2 heterocycles. The largest absolute Gasteiger partial charge is 0.327 e. The van der Waals surface area contributed by atoms with Crippen LogP contribution in [-0.2, 0) is 9.59 Å². The maximum atomic E-state index is 12.2. The van der Waals surface area contributed by atoms with Gasteiger partial charge >= 0.3 is 0 Å². The predicted octanol–water partition coefficient (Wildman–Crippen LogP) is 1.87. The van der Waals surface area contributed by atoms with Gasteiger partial charge in [-0.1, -0.05) is 36.9 Å². The molecule has 6 nitrogen and oxygen atoms in total. The Morgan fingerprint density at radius 3 is 2.48 bits per heavy atom. The molecule has 2 amide bonds. The minimum Gasteiger partial charge on any atom is -0.327 e. The van der Waals surface area contributed by atoms with Crippen molar-refractivity contribution in [2.24, 2.45) is 0 Å². The number of rotatable bonds is 4. The van der Waals surface area contributed by atoms with Crippen molar-refractivity contribution in [2.45, 2.75) is 12.5 Å². The molecule has 1 N–H and O–H groups in total. The third-order valence-electron chi connectivity index (χ3n) is 3.73. The van der Waals surface area contributed by atoms with E-state index in [1.165, 1.54) is 11.0 Å². The van der Waals surface area contributed by atoms with Crippen LogP contribution in [0.3, 0.4) is 0 Å². The van der Waals surface area contributed by atoms with E-state index in [2.05, 4.69) is 21.9 Å². The molecule has 1 fully saturated rings. The lowest BCUT2D eigenvalue weighted by molar-refractivity contribution is -0.141. The van der Waals surface area contributed by atoms with Gasteiger partial charge in [0.1, 0.15) is 6.04 Å². The Bertz CT molecular complexity index is 728. The van der Waals surface area contributed by atoms with Gasteiger partial charge in [0.05, 0.1) is 18.1 Å². The van der Waals surface area contributed by atoms with Crippen molar-refractivity contribution in [3.05, 3.63) is 55.4 Å². The number of amides is 2. The second kappa shape index (κ2) is 6.39. The molecule has 0 bridgehead atoms. The molecule has 6 heteroatoms. The number of benzene rings is 1. The van der Waals surface area contributed by atoms with Gasteiger partial charge in [-0.15, -0.1) is 0 Å². The topological polar surface area (TPSA) is 75.2 Å². The molecule has 1 aliphatic heterocycles. The maximum absolute atomic E-state index is 12.2. The van der Waals surface area contributed by atoms with Crippen LogP contribution in [0.4, 0.5) is 5.69 Å². The van der Waals surface area contributed by atoms with E-state index in [9.17, 15) is 9.59 Å². The van der Waals surface area contributed by atoms with Crippen molar-refractivity contribution in [3.8, 4) is 11.4 Å². The zero-order valence-electron chi connectivity index (χ0n) is 12.5. The quantitative estimate of drug-likeness (QED) is 0.875. The summed E-state index contributed by atoms with van der Waals surface area (Å²) in [5.74, 6) is 0.130. The van der Waals surface area contributed by atoms with E-state index in [-0.39, 0.29) is 11.8 Å². The van der Waals surface area contributed by atoms with Crippen LogP contribution in [0.2, 0.25) is 0 Å². The number of hydrogen-bond acceptors (Lipinski definition) is 4. The molecule has 1 atom stereocenters. The number of aromatic nitrogens is 2. The van der Waals surface area contributed by atoms with Gasteiger partial charge in [0.25, 0.3) is 0 Å². The Morgan fingerprint density at radius 2 is 1.91 bits per heavy atom. The highest BCUT2D eigenvalue weighted by Gasteiger charge is 2.36. The van der Waals surface area contributed by atoms with Gasteiger partial charge in [-0.3, -0.25) is 9.59 Å². The molecule has 2 aromatic rings. The highest BCUT2D eigenvalue weighted by molar-refractivity contribution is 5.99. The first-order valence-electron chi connectivity index (χ1n) is 7.30. The zero-order chi connectivity index (χ0) is 16.2. The zero-order valence-corrected chi connectivity index (χ0v) is 12.5. The van der Waals surface area contributed by atoms with Crippen LogP contribution in [0.5, 0.6) is 0 Å². The lowest BCUT2D eigenvalue weighted by Gasteiger charge is -2.38. The number of nitrogens with zero attached hydrogens (tertiary/aromatic N) is 3. The van der Waals surface area contributed by atoms with Crippen molar-refractivity contribution < 1.29 is 9.59 Å². The molecule has 1 unspecified atom stereocenters. The fourth-order valence-corrected chi connectivity index (χ4v) is 2.40. The fourth-order valence-electron chi connectivity index (χ4n) is 2.40. The van der Waals surface area contributed by atoms with Crippen molar-refractivity contribution >= 4 is 17.5 Å². The second-order valence-electron chi connectivity index (χ2n) is 5.19. The minimum atomic E-state index is -0.450. The van der Waals surface area contributed by atoms with Crippen LogP contribution in [0.15, 0.2) is 55.4 Å². The number of anilines is 1. The van der Waals surface area contributed by atoms with E-state index in [0.717, 1.165) is 5.56 Å². The first-order valence-corrected chi connectivity index (χ1v) is 7.30. The minimum absolute atomic E-state index is 0.230. The number of likely N-dealkylation sites (tertiary alicyclic amines) is 1. The van der Waals surface area contributed by atoms with Crippen LogP contribution in [0.1, 0.15) is 6.42 Å². The first kappa shape index (κ1) is 14.9. The summed E-state index contributed by atoms with van der Waals surface area (Å²) < 4.78 is 0. The van der Waals surface area contributed by atoms with Crippen LogP contribution >= 0.6 is 0 Å². The van der Waals surface area contributed by atoms with E-state index >= 15 is 0 Å². The lowest BCUT2D eigenvalue weighted by Crippen LogP contribution is -2.56. The van der Waals surface area contributed by atoms with Gasteiger partial charge in [-0.2, -0.15) is 0 Å². The van der Waals surface area contributed by atoms with Crippen LogP contribution in [0.25, 0.3) is 11.4 Å². The molecule has 0 radical (unpaired) electrons. The molecule has 1 aromatic carbocycles. The Labute approximate surface area is 133 Å². The smallest absolute Gasteiger partial charge is 0.247 e. The summed E-state index contributed by atoms with van der Waals surface area (Å²) in [6.07, 6.45) is 4.99. The van der Waals surface area contributed by atoms with Gasteiger partial charge in [0, 0.05) is 12.1 Å². The molecule has 1 aliphatic rings. The van der Waals surface area contributed by atoms with Gasteiger partial charge in [0.2, 0.25) is 11.8 Å². The van der Waals surface area contributed by atoms with Crippen LogP contribution < -0.4 is 5.32 Å². The average Bonchev–Trinajstić information content (AvgIpc) is 2.55. The van der Waals surface area contributed by atoms with E-state index in [0.29, 0.717) is 24.5 Å². The Morgan fingerprint density at radius 1 is 1.22 bits per heavy atom. The average molecular weight is 308 g/mol. The first-order chi connectivity index (χ1) is 11.2. The molecule has 0 aliphatic carbocycles. The van der Waals surface area contributed by atoms with Crippen LogP contribution in [0, 0.1) is 0 Å². The van der Waals surface area contributed by atoms with Crippen LogP contribution in [-0.4, -0.2) is 39.3 Å². The molecule has 0 saturated carbocycles. The number of nitrogens with one attached hydrogen (secondary N) is 1. The summed E-state index contributed by atoms with van der Waals surface area (Å²) >= 11 is 0. The highest BCUT2D eigenvalue weighted by Crippen LogP contribution is 2.20. The highest BCUT2D eigenvalue weighted by atomic mass is 16.2. The number of hydrogen-bond donors (Lipinski definition) is 1. The summed E-state index contributed by atoms with van der Waals surface area (Å²) in [4.78, 5) is 33.7. The van der Waals surface area contributed by atoms with Crippen molar-refractivity contribution in [2.75, 3.05) is 11.9 Å². The molecule has 1 saturated heterocycles. The summed E-state index contributed by atoms with van der Waals surface area (Å²) in [6.45, 7) is 4.01. The Balaban J connectivity index is 1.66. The van der Waals surface area contributed by atoms with Crippen molar-refractivity contribution in [1.29, 1.82) is 0 Å². The molecular formula is C17H16N4O2. The Hall–Kier alpha value is -3.02. The third-order valence-corrected chi connectivity index (χ3v) is 3.73. The van der Waals surface area contributed by atoms with E-state index in [4.69, 9.17) is 0 Å². The lowest BCUT2D eigenvalue weighted by atomic mass is 10.0. The number of carbonyl (C=O) groups excluding carboxylic acids is 2. The normalized spacial score (nSPS) is 16.3. The van der Waals surface area contributed by atoms with E-state index in [1.54, 1.807) is 12.4 Å². The van der Waals surface area contributed by atoms with E-state index in [1.807, 2.05) is 30.3 Å². The van der Waals surface area contributed by atoms with Gasteiger partial charge in [-0.25, -0.2) is 9.97 Å². The fraction of sp³-hybridized carbons (Fsp3) is 0.176. The van der Waals surface area contributed by atoms with Gasteiger partial charge in [0.15, 0.2) is 5.82 Å². The molecular weight excluding hydrogens is 292 g/mol. The SMILES string of the molecule is C=CC(=O)N1CCC1C(=O)Nc1cnc(-c2ccccc2)nc1. The number of carbonyl (C=O) groups is 2. The molecule has 23 heavy (non-hydrogen) atoms. The third kappa shape index (κ3) is 3.11. The monoisotopic (exact) mass is 308 g/mol. The predicted molar refractivity (Wildman–Crippen MR) is 86.4 cm³/mol. The standard InChI is InChI=1S/C17H16N4O2/c1-2-15(22)21-9-8-14(21)17(23)20-13-10-18-16(19-11-13)12-6-4-3-5-7-12/h2-7,10-11,14H,1,8-9H2,(H,20,23). The van der Waals surface area contributed by atoms with Crippen molar-refractivity contribution in [3.63, 3.8) is 0 Å². The maximum Gasteiger partial charge on any atom is 0.247 e. The summed E-state index contributed by atoms with van der Waals surface area (Å²) in [7, 11) is 0. The van der Waals surface area contributed by atoms with Gasteiger partial charge < -0.3 is 10.2 Å². The summed E-state index contributed by atoms with van der Waals surface area (Å²) in [6, 6.07) is 9.13. The molecule has 3 rings (SSSR count). The Kier molecular flexibility index (Phi) is 4.14. The molecule has 1 aromatic heterocycles. The molecule has 116 valence electrons. The van der Waals surface area contributed by atoms with Gasteiger partial charge in [-0.05, 0) is 12.5 Å². The summed E-state index contributed by atoms with van der Waals surface area (Å²) in [5.41, 5.74) is 1.42. The summed E-state index contributed by atoms with van der Waals surface area (Å²) in [5, 5.41) is 2.74. The molecule has 0 spiro atoms.